The van der Waals surface area contributed by atoms with Crippen LogP contribution in [0, 0.1) is 0 Å². The van der Waals surface area contributed by atoms with Crippen LogP contribution in [0.15, 0.2) is 66.4 Å². The van der Waals surface area contributed by atoms with Crippen molar-refractivity contribution in [1.82, 2.24) is 9.55 Å². The van der Waals surface area contributed by atoms with Gasteiger partial charge < -0.3 is 15.1 Å². The van der Waals surface area contributed by atoms with Gasteiger partial charge in [-0.3, -0.25) is 4.98 Å². The number of benzene rings is 1. The minimum absolute atomic E-state index is 0. The molecule has 0 saturated carbocycles. The number of carbonyl (C=O) groups excluding carboxylic acids is 1. The molecule has 0 bridgehead atoms. The summed E-state index contributed by atoms with van der Waals surface area (Å²) in [5.41, 5.74) is 12.1. The summed E-state index contributed by atoms with van der Waals surface area (Å²) in [5, 5.41) is 1.77. The standard InChI is InChI=1S/C19H15N3OS.Fe/c20-19(23)16-12-24-17-7-9-22(18(16)17)11-13-3-5-14(6-4-13)15-2-1-8-21-10-15;/h1-10,12H,11H2,(H2,20,23);/p-1. The summed E-state index contributed by atoms with van der Waals surface area (Å²) in [7, 11) is 0. The normalized spacial score (nSPS) is 10.6. The van der Waals surface area contributed by atoms with Crippen molar-refractivity contribution in [3.8, 4) is 11.1 Å². The van der Waals surface area contributed by atoms with Crippen LogP contribution in [0.3, 0.4) is 0 Å². The van der Waals surface area contributed by atoms with Crippen molar-refractivity contribution in [2.75, 3.05) is 0 Å². The van der Waals surface area contributed by atoms with Crippen LogP contribution in [0.25, 0.3) is 27.1 Å². The summed E-state index contributed by atoms with van der Waals surface area (Å²) in [4.78, 5) is 15.6. The third-order valence-electron chi connectivity index (χ3n) is 4.03. The van der Waals surface area contributed by atoms with Crippen molar-refractivity contribution in [2.24, 2.45) is 0 Å². The van der Waals surface area contributed by atoms with Gasteiger partial charge in [0.2, 0.25) is 0 Å². The van der Waals surface area contributed by atoms with Gasteiger partial charge in [-0.05, 0) is 28.8 Å². The van der Waals surface area contributed by atoms with E-state index in [1.54, 1.807) is 11.6 Å². The first-order valence-electron chi connectivity index (χ1n) is 7.54. The summed E-state index contributed by atoms with van der Waals surface area (Å²) < 4.78 is 3.07. The van der Waals surface area contributed by atoms with Crippen LogP contribution in [-0.4, -0.2) is 15.5 Å². The van der Waals surface area contributed by atoms with Gasteiger partial charge >= 0.3 is 0 Å². The minimum atomic E-state index is -0.631. The molecule has 0 aliphatic carbocycles. The van der Waals surface area contributed by atoms with Crippen molar-refractivity contribution < 1.29 is 21.9 Å². The Morgan fingerprint density at radius 2 is 1.92 bits per heavy atom. The predicted molar refractivity (Wildman–Crippen MR) is 97.2 cm³/mol. The molecule has 0 unspecified atom stereocenters. The molecule has 0 aliphatic heterocycles. The summed E-state index contributed by atoms with van der Waals surface area (Å²) in [6.07, 6.45) is 5.59. The summed E-state index contributed by atoms with van der Waals surface area (Å²) in [6.45, 7) is 0.674. The number of amides is 1. The molecule has 0 atom stereocenters. The maximum absolute atomic E-state index is 11.5. The van der Waals surface area contributed by atoms with Gasteiger partial charge in [-0.25, -0.2) is 0 Å². The third kappa shape index (κ3) is 3.37. The van der Waals surface area contributed by atoms with Crippen LogP contribution in [-0.2, 0) is 23.6 Å². The molecular weight excluding hydrogens is 374 g/mol. The van der Waals surface area contributed by atoms with Gasteiger partial charge in [-0.1, -0.05) is 30.3 Å². The molecule has 4 nitrogen and oxygen atoms in total. The van der Waals surface area contributed by atoms with Crippen molar-refractivity contribution in [2.45, 2.75) is 6.54 Å². The van der Waals surface area contributed by atoms with Crippen LogP contribution in [0.5, 0.6) is 0 Å². The van der Waals surface area contributed by atoms with Crippen molar-refractivity contribution in [3.63, 3.8) is 0 Å². The van der Waals surface area contributed by atoms with Crippen molar-refractivity contribution >= 4 is 27.5 Å². The first-order chi connectivity index (χ1) is 11.7. The van der Waals surface area contributed by atoms with E-state index in [0.717, 1.165) is 26.9 Å². The second-order valence-corrected chi connectivity index (χ2v) is 6.48. The van der Waals surface area contributed by atoms with Gasteiger partial charge in [0.05, 0.1) is 16.1 Å². The van der Waals surface area contributed by atoms with E-state index in [0.29, 0.717) is 12.1 Å². The average molecular weight is 388 g/mol. The van der Waals surface area contributed by atoms with E-state index in [1.165, 1.54) is 11.3 Å². The summed E-state index contributed by atoms with van der Waals surface area (Å²) >= 11 is 1.50. The Kier molecular flexibility index (Phi) is 5.04. The molecule has 3 aromatic heterocycles. The fourth-order valence-corrected chi connectivity index (χ4v) is 3.78. The van der Waals surface area contributed by atoms with Crippen LogP contribution < -0.4 is 0 Å². The predicted octanol–water partition coefficient (Wildman–Crippen LogP) is 5.00. The molecule has 1 N–H and O–H groups in total. The fraction of sp³-hybridized carbons (Fsp3) is 0.0526. The molecule has 0 aliphatic rings. The van der Waals surface area contributed by atoms with E-state index < -0.39 is 5.91 Å². The van der Waals surface area contributed by atoms with E-state index in [-0.39, 0.29) is 17.1 Å². The molecule has 0 radical (unpaired) electrons. The van der Waals surface area contributed by atoms with Gasteiger partial charge in [0.1, 0.15) is 0 Å². The molecule has 1 amide bonds. The Hall–Kier alpha value is -2.40. The van der Waals surface area contributed by atoms with Crippen LogP contribution in [0.2, 0.25) is 0 Å². The zero-order valence-corrected chi connectivity index (χ0v) is 15.0. The molecule has 6 heteroatoms. The summed E-state index contributed by atoms with van der Waals surface area (Å²) in [5.74, 6) is -0.631. The third-order valence-corrected chi connectivity index (χ3v) is 4.97. The molecule has 4 aromatic rings. The largest absolute Gasteiger partial charge is 0.663 e. The van der Waals surface area contributed by atoms with Gasteiger partial charge in [-0.15, -0.1) is 11.3 Å². The number of hydrogen-bond acceptors (Lipinski definition) is 3. The minimum Gasteiger partial charge on any atom is -0.663 e. The van der Waals surface area contributed by atoms with Gasteiger partial charge in [0.25, 0.3) is 0 Å². The number of carbonyl (C=O) groups is 1. The monoisotopic (exact) mass is 388 g/mol. The maximum Gasteiger partial charge on any atom is 0.0826 e. The second-order valence-electron chi connectivity index (χ2n) is 5.57. The number of hydrogen-bond donors (Lipinski definition) is 0. The smallest absolute Gasteiger partial charge is 0.0826 e. The average Bonchev–Trinajstić information content (AvgIpc) is 3.19. The topological polar surface area (TPSA) is 58.7 Å². The number of thiophene rings is 1. The molecule has 4 rings (SSSR count). The number of pyridine rings is 1. The zero-order chi connectivity index (χ0) is 16.5. The Morgan fingerprint density at radius 1 is 1.12 bits per heavy atom. The first-order valence-corrected chi connectivity index (χ1v) is 8.42. The number of nitrogens with one attached hydrogen (secondary N) is 1. The Balaban J connectivity index is 0.00000182. The number of aromatic nitrogens is 2. The fourth-order valence-electron chi connectivity index (χ4n) is 2.84. The maximum atomic E-state index is 11.5. The zero-order valence-electron chi connectivity index (χ0n) is 13.1. The molecule has 126 valence electrons. The Labute approximate surface area is 159 Å². The SMILES string of the molecule is [Fe].[NH-]C(=O)c1csc2ccn(Cc3ccc(-c4cccnc4)cc3)c12. The van der Waals surface area contributed by atoms with Crippen LogP contribution in [0.1, 0.15) is 15.9 Å². The Morgan fingerprint density at radius 3 is 2.60 bits per heavy atom. The van der Waals surface area contributed by atoms with E-state index >= 15 is 0 Å². The van der Waals surface area contributed by atoms with Gasteiger partial charge in [0.15, 0.2) is 0 Å². The molecule has 0 saturated heterocycles. The number of rotatable bonds is 4. The quantitative estimate of drug-likeness (QED) is 0.462. The molecular formula is C19H14FeN3OS-. The van der Waals surface area contributed by atoms with Gasteiger partial charge in [0, 0.05) is 53.1 Å². The van der Waals surface area contributed by atoms with E-state index in [9.17, 15) is 4.79 Å². The van der Waals surface area contributed by atoms with Crippen molar-refractivity contribution in [1.29, 1.82) is 0 Å². The molecule has 25 heavy (non-hydrogen) atoms. The van der Waals surface area contributed by atoms with E-state index in [2.05, 4.69) is 29.2 Å². The summed E-state index contributed by atoms with van der Waals surface area (Å²) in [6, 6.07) is 14.3. The number of nitrogens with zero attached hydrogens (tertiary/aromatic N) is 2. The van der Waals surface area contributed by atoms with Crippen LogP contribution in [0.4, 0.5) is 0 Å². The first kappa shape index (κ1) is 17.4. The van der Waals surface area contributed by atoms with Crippen molar-refractivity contribution in [3.05, 3.63) is 83.3 Å². The van der Waals surface area contributed by atoms with E-state index in [1.807, 2.05) is 35.2 Å². The van der Waals surface area contributed by atoms with E-state index in [4.69, 9.17) is 5.73 Å². The van der Waals surface area contributed by atoms with Gasteiger partial charge in [-0.2, -0.15) is 0 Å². The molecule has 1 aromatic carbocycles. The number of fused-ring (bicyclic) bond motifs is 1. The molecule has 3 heterocycles. The second kappa shape index (κ2) is 7.23. The Bertz CT molecular complexity index is 1010. The molecule has 0 fully saturated rings. The molecule has 0 spiro atoms. The van der Waals surface area contributed by atoms with Crippen LogP contribution >= 0.6 is 11.3 Å².